The second-order valence-corrected chi connectivity index (χ2v) is 14.5. The molecule has 1 aromatic rings. The fourth-order valence-electron chi connectivity index (χ4n) is 8.99. The van der Waals surface area contributed by atoms with Crippen molar-refractivity contribution in [2.45, 2.75) is 109 Å². The number of carbonyl (C=O) groups is 3. The fraction of sp³-hybridized carbons (Fsp3) is 0.719. The molecule has 5 atom stereocenters. The van der Waals surface area contributed by atoms with Crippen LogP contribution in [-0.2, 0) is 23.9 Å². The first kappa shape index (κ1) is 27.2. The molecule has 0 amide bonds. The molecule has 39 heavy (non-hydrogen) atoms. The molecule has 7 heteroatoms. The van der Waals surface area contributed by atoms with E-state index >= 15 is 0 Å². The summed E-state index contributed by atoms with van der Waals surface area (Å²) in [5.74, 6) is -0.287. The highest BCUT2D eigenvalue weighted by Gasteiger charge is 2.61. The maximum atomic E-state index is 13.8. The highest BCUT2D eigenvalue weighted by molar-refractivity contribution is 7.80. The summed E-state index contributed by atoms with van der Waals surface area (Å²) in [6, 6.07) is 3.84. The van der Waals surface area contributed by atoms with Gasteiger partial charge in [-0.15, -0.1) is 12.6 Å². The van der Waals surface area contributed by atoms with Crippen LogP contribution in [0.25, 0.3) is 0 Å². The molecular formula is C32H42O6S. The first-order valence-electron chi connectivity index (χ1n) is 15.0. The summed E-state index contributed by atoms with van der Waals surface area (Å²) in [5.41, 5.74) is 1.36. The van der Waals surface area contributed by atoms with Crippen LogP contribution in [0.4, 0.5) is 0 Å². The summed E-state index contributed by atoms with van der Waals surface area (Å²) in [6.45, 7) is 10.2. The lowest BCUT2D eigenvalue weighted by atomic mass is 9.49. The molecule has 1 heterocycles. The molecule has 0 radical (unpaired) electrons. The Kier molecular flexibility index (Phi) is 6.84. The minimum absolute atomic E-state index is 0.00632. The molecule has 5 aliphatic carbocycles. The van der Waals surface area contributed by atoms with Gasteiger partial charge in [0.05, 0.1) is 5.41 Å². The van der Waals surface area contributed by atoms with E-state index in [9.17, 15) is 14.4 Å². The summed E-state index contributed by atoms with van der Waals surface area (Å²) in [7, 11) is 0. The SMILES string of the molecule is CC(C)c1cc(S)cc(C(C)C)c1OC(=O)C1C(=O)OC2C(C)CC1C2OC(=O)C12CC3CC(CC(C3)C1)C2. The summed E-state index contributed by atoms with van der Waals surface area (Å²) in [4.78, 5) is 41.6. The van der Waals surface area contributed by atoms with Crippen LogP contribution in [0.5, 0.6) is 5.75 Å². The summed E-state index contributed by atoms with van der Waals surface area (Å²) in [6.07, 6.45) is 5.94. The maximum absolute atomic E-state index is 13.8. The maximum Gasteiger partial charge on any atom is 0.326 e. The second-order valence-electron chi connectivity index (χ2n) is 14.0. The van der Waals surface area contributed by atoms with Crippen LogP contribution in [0.15, 0.2) is 17.0 Å². The second kappa shape index (κ2) is 9.81. The average molecular weight is 555 g/mol. The van der Waals surface area contributed by atoms with Crippen LogP contribution in [0.1, 0.15) is 103 Å². The predicted molar refractivity (Wildman–Crippen MR) is 149 cm³/mol. The highest BCUT2D eigenvalue weighted by Crippen LogP contribution is 2.61. The van der Waals surface area contributed by atoms with E-state index < -0.39 is 41.4 Å². The Bertz CT molecular complexity index is 1120. The monoisotopic (exact) mass is 554 g/mol. The van der Waals surface area contributed by atoms with E-state index in [4.69, 9.17) is 14.2 Å². The lowest BCUT2D eigenvalue weighted by molar-refractivity contribution is -0.202. The van der Waals surface area contributed by atoms with Gasteiger partial charge in [-0.3, -0.25) is 14.4 Å². The van der Waals surface area contributed by atoms with Crippen LogP contribution in [0.3, 0.4) is 0 Å². The molecule has 6 nitrogen and oxygen atoms in total. The molecule has 0 spiro atoms. The van der Waals surface area contributed by atoms with Crippen molar-refractivity contribution in [3.63, 3.8) is 0 Å². The van der Waals surface area contributed by atoms with Crippen LogP contribution in [0.2, 0.25) is 0 Å². The van der Waals surface area contributed by atoms with Gasteiger partial charge in [0, 0.05) is 10.8 Å². The number of carbonyl (C=O) groups excluding carboxylic acids is 3. The molecule has 0 aromatic heterocycles. The third kappa shape index (κ3) is 4.61. The normalized spacial score (nSPS) is 38.3. The van der Waals surface area contributed by atoms with E-state index in [1.807, 2.05) is 46.8 Å². The molecule has 0 N–H and O–H groups in total. The van der Waals surface area contributed by atoms with Crippen LogP contribution >= 0.6 is 12.6 Å². The zero-order valence-corrected chi connectivity index (χ0v) is 24.7. The van der Waals surface area contributed by atoms with Gasteiger partial charge >= 0.3 is 17.9 Å². The highest BCUT2D eigenvalue weighted by atomic mass is 32.1. The van der Waals surface area contributed by atoms with Gasteiger partial charge in [0.2, 0.25) is 0 Å². The van der Waals surface area contributed by atoms with Gasteiger partial charge in [0.25, 0.3) is 0 Å². The summed E-state index contributed by atoms with van der Waals surface area (Å²) < 4.78 is 18.2. The largest absolute Gasteiger partial charge is 0.458 e. The van der Waals surface area contributed by atoms with Gasteiger partial charge in [0.1, 0.15) is 18.0 Å². The van der Waals surface area contributed by atoms with Gasteiger partial charge < -0.3 is 14.2 Å². The van der Waals surface area contributed by atoms with Crippen molar-refractivity contribution in [3.05, 3.63) is 23.3 Å². The Labute approximate surface area is 237 Å². The molecule has 7 rings (SSSR count). The molecule has 1 aliphatic heterocycles. The van der Waals surface area contributed by atoms with Gasteiger partial charge in [-0.1, -0.05) is 34.6 Å². The van der Waals surface area contributed by atoms with Crippen LogP contribution < -0.4 is 4.74 Å². The Morgan fingerprint density at radius 3 is 2.00 bits per heavy atom. The van der Waals surface area contributed by atoms with E-state index in [1.165, 1.54) is 19.3 Å². The number of thiol groups is 1. The Morgan fingerprint density at radius 1 is 0.949 bits per heavy atom. The minimum atomic E-state index is -1.11. The first-order valence-corrected chi connectivity index (χ1v) is 15.4. The Morgan fingerprint density at radius 2 is 1.49 bits per heavy atom. The fourth-order valence-corrected chi connectivity index (χ4v) is 9.27. The molecule has 1 aromatic carbocycles. The zero-order chi connectivity index (χ0) is 27.8. The third-order valence-corrected chi connectivity index (χ3v) is 10.7. The summed E-state index contributed by atoms with van der Waals surface area (Å²) >= 11 is 4.57. The van der Waals surface area contributed by atoms with Crippen LogP contribution in [-0.4, -0.2) is 30.1 Å². The van der Waals surface area contributed by atoms with Gasteiger partial charge in [-0.05, 0) is 104 Å². The van der Waals surface area contributed by atoms with E-state index in [0.29, 0.717) is 29.9 Å². The third-order valence-electron chi connectivity index (χ3n) is 10.4. The van der Waals surface area contributed by atoms with E-state index in [0.717, 1.165) is 35.3 Å². The molecular weight excluding hydrogens is 512 g/mol. The Hall–Kier alpha value is -2.02. The first-order chi connectivity index (χ1) is 18.5. The van der Waals surface area contributed by atoms with Crippen molar-refractivity contribution in [3.8, 4) is 5.75 Å². The van der Waals surface area contributed by atoms with Crippen LogP contribution in [0, 0.1) is 40.9 Å². The minimum Gasteiger partial charge on any atom is -0.458 e. The average Bonchev–Trinajstić information content (AvgIpc) is 3.05. The molecule has 6 fully saturated rings. The molecule has 5 unspecified atom stereocenters. The molecule has 1 saturated heterocycles. The molecule has 212 valence electrons. The zero-order valence-electron chi connectivity index (χ0n) is 23.8. The van der Waals surface area contributed by atoms with E-state index in [1.54, 1.807) is 0 Å². The van der Waals surface area contributed by atoms with Gasteiger partial charge in [-0.2, -0.15) is 0 Å². The van der Waals surface area contributed by atoms with E-state index in [-0.39, 0.29) is 23.7 Å². The number of esters is 3. The molecule has 6 bridgehead atoms. The Balaban J connectivity index is 1.26. The number of ether oxygens (including phenoxy) is 3. The van der Waals surface area contributed by atoms with Crippen molar-refractivity contribution in [1.29, 1.82) is 0 Å². The molecule has 5 saturated carbocycles. The van der Waals surface area contributed by atoms with Gasteiger partial charge in [-0.25, -0.2) is 0 Å². The standard InChI is InChI=1S/C32H42O6S/c1-15(2)22-10-21(39)11-23(16(3)4)27(22)37-30(34)25-24-6-17(5)26(36-29(25)33)28(24)38-31(35)32-12-18-7-19(13-32)9-20(8-18)14-32/h10-11,15-20,24-26,28,39H,6-9,12-14H2,1-5H3. The number of hydrogen-bond acceptors (Lipinski definition) is 7. The lowest BCUT2D eigenvalue weighted by Gasteiger charge is -2.55. The van der Waals surface area contributed by atoms with Crippen molar-refractivity contribution < 1.29 is 28.6 Å². The number of rotatable bonds is 6. The smallest absolute Gasteiger partial charge is 0.326 e. The molecule has 6 aliphatic rings. The quantitative estimate of drug-likeness (QED) is 0.188. The summed E-state index contributed by atoms with van der Waals surface area (Å²) in [5, 5.41) is 0. The lowest BCUT2D eigenvalue weighted by Crippen LogP contribution is -2.54. The number of hydrogen-bond donors (Lipinski definition) is 1. The topological polar surface area (TPSA) is 78.9 Å². The number of fused-ring (bicyclic) bond motifs is 2. The van der Waals surface area contributed by atoms with Gasteiger partial charge in [0.15, 0.2) is 5.92 Å². The van der Waals surface area contributed by atoms with Crippen molar-refractivity contribution >= 4 is 30.5 Å². The van der Waals surface area contributed by atoms with Crippen molar-refractivity contribution in [2.75, 3.05) is 0 Å². The predicted octanol–water partition coefficient (Wildman–Crippen LogP) is 6.45. The van der Waals surface area contributed by atoms with Crippen molar-refractivity contribution in [1.82, 2.24) is 0 Å². The number of benzene rings is 1. The van der Waals surface area contributed by atoms with E-state index in [2.05, 4.69) is 12.6 Å². The van der Waals surface area contributed by atoms with Crippen molar-refractivity contribution in [2.24, 2.45) is 40.9 Å².